The minimum atomic E-state index is -5.04. The van der Waals surface area contributed by atoms with Crippen LogP contribution < -0.4 is 11.5 Å². The molecule has 4 aromatic carbocycles. The molecule has 20 nitrogen and oxygen atoms in total. The van der Waals surface area contributed by atoms with E-state index in [-0.39, 0.29) is 40.1 Å². The number of sulfone groups is 1. The van der Waals surface area contributed by atoms with Crippen LogP contribution in [-0.2, 0) is 54.4 Å². The first kappa shape index (κ1) is 42.0. The number of ether oxygens (including phenoxy) is 1. The zero-order chi connectivity index (χ0) is 39.9. The third kappa shape index (κ3) is 11.1. The van der Waals surface area contributed by atoms with E-state index in [4.69, 9.17) is 20.8 Å². The van der Waals surface area contributed by atoms with Gasteiger partial charge in [-0.05, 0) is 83.4 Å². The Bertz CT molecular complexity index is 2640. The monoisotopic (exact) mass is 844 g/mol. The van der Waals surface area contributed by atoms with Gasteiger partial charge in [0.1, 0.15) is 26.9 Å². The average molecular weight is 845 g/mol. The summed E-state index contributed by atoms with van der Waals surface area (Å²) in [4.78, 5) is 2.81. The van der Waals surface area contributed by atoms with E-state index in [2.05, 4.69) is 34.9 Å². The number of nitrogen functional groups attached to an aromatic ring is 2. The summed E-state index contributed by atoms with van der Waals surface area (Å²) in [5.74, 6) is -0.153. The van der Waals surface area contributed by atoms with Gasteiger partial charge in [-0.2, -0.15) is 30.4 Å². The van der Waals surface area contributed by atoms with E-state index < -0.39 is 78.7 Å². The lowest BCUT2D eigenvalue weighted by atomic mass is 10.1. The molecular formula is C29H28N6O14S5. The van der Waals surface area contributed by atoms with Crippen LogP contribution in [0.25, 0.3) is 10.8 Å². The van der Waals surface area contributed by atoms with E-state index in [1.165, 1.54) is 48.5 Å². The van der Waals surface area contributed by atoms with Crippen LogP contribution in [0.2, 0.25) is 0 Å². The van der Waals surface area contributed by atoms with Gasteiger partial charge in [0.25, 0.3) is 20.2 Å². The number of thioether (sulfide) groups is 1. The minimum absolute atomic E-state index is 0.0109. The predicted molar refractivity (Wildman–Crippen MR) is 194 cm³/mol. The van der Waals surface area contributed by atoms with Gasteiger partial charge in [-0.15, -0.1) is 15.3 Å². The number of azo groups is 2. The number of benzene rings is 4. The Morgan fingerprint density at radius 2 is 1.46 bits per heavy atom. The largest absolute Gasteiger partial charge is 0.433 e. The average Bonchev–Trinajstić information content (AvgIpc) is 3.08. The summed E-state index contributed by atoms with van der Waals surface area (Å²) < 4.78 is 133. The number of fused-ring (bicyclic) bond motifs is 1. The molecule has 0 saturated heterocycles. The maximum atomic E-state index is 12.6. The van der Waals surface area contributed by atoms with Gasteiger partial charge in [0.2, 0.25) is 0 Å². The summed E-state index contributed by atoms with van der Waals surface area (Å²) in [6.07, 6.45) is 2.14. The molecule has 0 amide bonds. The minimum Gasteiger partial charge on any atom is -0.396 e. The molecular weight excluding hydrogens is 817 g/mol. The molecule has 0 saturated carbocycles. The van der Waals surface area contributed by atoms with E-state index in [1.54, 1.807) is 6.92 Å². The second kappa shape index (κ2) is 17.2. The highest BCUT2D eigenvalue weighted by molar-refractivity contribution is 8.04. The highest BCUT2D eigenvalue weighted by atomic mass is 32.3. The van der Waals surface area contributed by atoms with E-state index in [1.807, 2.05) is 6.11 Å². The molecule has 0 aliphatic carbocycles. The SMILES string of the molecule is CCOCCCS(=O)(=O)c1ccc(N=Nc2c(N)c(N=Nc3ccc4cc(SC#COOS(=O)(=O)O)ccc4c3S(=O)(=O)O)cc(S(=O)(=O)O)c2N)cc1. The van der Waals surface area contributed by atoms with Crippen LogP contribution in [0, 0.1) is 11.4 Å². The second-order valence-corrected chi connectivity index (χ2v) is 17.2. The van der Waals surface area contributed by atoms with E-state index in [0.29, 0.717) is 11.5 Å². The van der Waals surface area contributed by atoms with E-state index in [0.717, 1.165) is 23.9 Å². The van der Waals surface area contributed by atoms with Gasteiger partial charge < -0.3 is 16.2 Å². The van der Waals surface area contributed by atoms with Gasteiger partial charge in [0.15, 0.2) is 15.9 Å². The second-order valence-electron chi connectivity index (χ2n) is 10.5. The third-order valence-electron chi connectivity index (χ3n) is 6.78. The van der Waals surface area contributed by atoms with Crippen molar-refractivity contribution in [3.05, 3.63) is 60.7 Å². The molecule has 0 bridgehead atoms. The summed E-state index contributed by atoms with van der Waals surface area (Å²) in [5, 5.41) is 18.1. The van der Waals surface area contributed by atoms with E-state index in [9.17, 15) is 42.8 Å². The molecule has 4 aromatic rings. The Morgan fingerprint density at radius 3 is 2.09 bits per heavy atom. The topological polar surface area (TPSA) is 326 Å². The Kier molecular flexibility index (Phi) is 13.3. The van der Waals surface area contributed by atoms with Crippen molar-refractivity contribution in [1.29, 1.82) is 0 Å². The first-order valence-electron chi connectivity index (χ1n) is 14.7. The lowest BCUT2D eigenvalue weighted by molar-refractivity contribution is -0.135. The van der Waals surface area contributed by atoms with Crippen molar-refractivity contribution in [2.24, 2.45) is 20.5 Å². The molecule has 4 rings (SSSR count). The van der Waals surface area contributed by atoms with Crippen molar-refractivity contribution in [1.82, 2.24) is 0 Å². The van der Waals surface area contributed by atoms with E-state index >= 15 is 0 Å². The number of hydrogen-bond donors (Lipinski definition) is 5. The number of anilines is 2. The van der Waals surface area contributed by atoms with Crippen LogP contribution in [0.15, 0.2) is 101 Å². The molecule has 25 heteroatoms. The van der Waals surface area contributed by atoms with Crippen LogP contribution in [0.4, 0.5) is 34.1 Å². The fourth-order valence-corrected chi connectivity index (χ4v) is 7.85. The Labute approximate surface area is 312 Å². The van der Waals surface area contributed by atoms with Gasteiger partial charge in [-0.1, -0.05) is 12.1 Å². The fraction of sp³-hybridized carbons (Fsp3) is 0.172. The maximum absolute atomic E-state index is 12.6. The molecule has 0 unspecified atom stereocenters. The highest BCUT2D eigenvalue weighted by Gasteiger charge is 2.24. The van der Waals surface area contributed by atoms with Gasteiger partial charge in [-0.3, -0.25) is 18.5 Å². The summed E-state index contributed by atoms with van der Waals surface area (Å²) in [6, 6.07) is 12.6. The Hall–Kier alpha value is -4.75. The van der Waals surface area contributed by atoms with Crippen LogP contribution >= 0.6 is 11.8 Å². The standard InChI is InChI=1S/C29H28N6O14S5/c1-2-47-12-3-15-51(36,37)21-8-5-19(6-9-21)32-35-28-26(30)24(17-25(27(28)31)52(38,39)40)34-33-23-11-4-18-16-20(50-14-13-48-49-54(44,45)46)7-10-22(18)29(23)53(41,42)43/h4-11,16-17H,2-3,12,15,30-31H2,1H3,(H,38,39,40)(H,41,42,43)(H,44,45,46). The molecule has 0 aliphatic rings. The number of rotatable bonds is 15. The Morgan fingerprint density at radius 1 is 0.778 bits per heavy atom. The number of hydrogen-bond acceptors (Lipinski definition) is 18. The molecule has 0 aliphatic heterocycles. The van der Waals surface area contributed by atoms with Gasteiger partial charge >= 0.3 is 10.4 Å². The number of nitrogens with zero attached hydrogens (tertiary/aromatic N) is 4. The Balaban J connectivity index is 1.69. The van der Waals surface area contributed by atoms with Crippen molar-refractivity contribution in [3.8, 4) is 11.4 Å². The summed E-state index contributed by atoms with van der Waals surface area (Å²) in [5.41, 5.74) is 9.84. The molecule has 0 fully saturated rings. The first-order valence-corrected chi connectivity index (χ1v) is 21.4. The first-order chi connectivity index (χ1) is 25.2. The normalized spacial score (nSPS) is 12.7. The molecule has 7 N–H and O–H groups in total. The summed E-state index contributed by atoms with van der Waals surface area (Å²) in [6.45, 7) is 2.52. The van der Waals surface area contributed by atoms with Gasteiger partial charge in [0, 0.05) is 28.7 Å². The van der Waals surface area contributed by atoms with Crippen molar-refractivity contribution in [2.45, 2.75) is 32.9 Å². The lowest BCUT2D eigenvalue weighted by Crippen LogP contribution is -2.09. The zero-order valence-corrected chi connectivity index (χ0v) is 31.5. The highest BCUT2D eigenvalue weighted by Crippen LogP contribution is 2.44. The maximum Gasteiger partial charge on any atom is 0.433 e. The van der Waals surface area contributed by atoms with Crippen molar-refractivity contribution in [3.63, 3.8) is 0 Å². The quantitative estimate of drug-likeness (QED) is 0.0148. The lowest BCUT2D eigenvalue weighted by Gasteiger charge is -2.11. The number of nitrogens with two attached hydrogens (primary N) is 2. The molecule has 0 heterocycles. The molecule has 0 atom stereocenters. The smallest absolute Gasteiger partial charge is 0.396 e. The van der Waals surface area contributed by atoms with Crippen LogP contribution in [0.5, 0.6) is 0 Å². The van der Waals surface area contributed by atoms with Gasteiger partial charge in [0.05, 0.1) is 27.7 Å². The molecule has 288 valence electrons. The van der Waals surface area contributed by atoms with Crippen molar-refractivity contribution >= 4 is 97.1 Å². The van der Waals surface area contributed by atoms with Crippen LogP contribution in [-0.4, -0.2) is 66.3 Å². The third-order valence-corrected chi connectivity index (χ3v) is 11.4. The van der Waals surface area contributed by atoms with Crippen LogP contribution in [0.1, 0.15) is 13.3 Å². The summed E-state index contributed by atoms with van der Waals surface area (Å²) in [7, 11) is -18.6. The van der Waals surface area contributed by atoms with Crippen molar-refractivity contribution in [2.75, 3.05) is 30.4 Å². The van der Waals surface area contributed by atoms with Crippen LogP contribution in [0.3, 0.4) is 0 Å². The summed E-state index contributed by atoms with van der Waals surface area (Å²) >= 11 is 0.791. The predicted octanol–water partition coefficient (Wildman–Crippen LogP) is 5.29. The fourth-order valence-electron chi connectivity index (χ4n) is 4.45. The van der Waals surface area contributed by atoms with Gasteiger partial charge in [-0.25, -0.2) is 8.42 Å². The molecule has 0 radical (unpaired) electrons. The molecule has 54 heavy (non-hydrogen) atoms. The van der Waals surface area contributed by atoms with Crippen molar-refractivity contribution < 1.29 is 61.3 Å². The molecule has 0 aromatic heterocycles. The molecule has 0 spiro atoms. The zero-order valence-electron chi connectivity index (χ0n) is 27.4.